The molecular formula is C13H13ClFNO4. The zero-order valence-corrected chi connectivity index (χ0v) is 12.0. The van der Waals surface area contributed by atoms with Gasteiger partial charge in [-0.3, -0.25) is 9.59 Å². The average Bonchev–Trinajstić information content (AvgIpc) is 2.31. The van der Waals surface area contributed by atoms with Crippen LogP contribution in [0.3, 0.4) is 0 Å². The molecule has 0 aliphatic heterocycles. The molecule has 5 nitrogen and oxygen atoms in total. The van der Waals surface area contributed by atoms with Gasteiger partial charge in [0, 0.05) is 18.9 Å². The van der Waals surface area contributed by atoms with Crippen molar-refractivity contribution in [1.82, 2.24) is 0 Å². The van der Waals surface area contributed by atoms with Crippen molar-refractivity contribution in [2.45, 2.75) is 20.8 Å². The van der Waals surface area contributed by atoms with Gasteiger partial charge in [-0.25, -0.2) is 14.1 Å². The number of halogens is 2. The third-order valence-electron chi connectivity index (χ3n) is 2.38. The van der Waals surface area contributed by atoms with Crippen LogP contribution in [0.15, 0.2) is 12.1 Å². The molecule has 2 amide bonds. The Labute approximate surface area is 120 Å². The minimum atomic E-state index is -0.953. The Morgan fingerprint density at radius 1 is 1.25 bits per heavy atom. The standard InChI is InChI=1S/C13H13ClFNO4/c1-4-20-13(19)10-5-9(14)6-11(15)12(10)16(7(2)17)8(3)18/h5-6H,4H2,1-3H3. The number of benzene rings is 1. The first-order valence-electron chi connectivity index (χ1n) is 5.77. The van der Waals surface area contributed by atoms with Crippen molar-refractivity contribution in [2.24, 2.45) is 0 Å². The Morgan fingerprint density at radius 2 is 1.80 bits per heavy atom. The summed E-state index contributed by atoms with van der Waals surface area (Å²) in [6.45, 7) is 3.81. The van der Waals surface area contributed by atoms with Crippen LogP contribution in [0, 0.1) is 5.82 Å². The van der Waals surface area contributed by atoms with Gasteiger partial charge < -0.3 is 4.74 Å². The summed E-state index contributed by atoms with van der Waals surface area (Å²) in [4.78, 5) is 35.4. The quantitative estimate of drug-likeness (QED) is 0.805. The third-order valence-corrected chi connectivity index (χ3v) is 2.60. The fraction of sp³-hybridized carbons (Fsp3) is 0.308. The Hall–Kier alpha value is -1.95. The van der Waals surface area contributed by atoms with E-state index in [4.69, 9.17) is 16.3 Å². The van der Waals surface area contributed by atoms with Crippen LogP contribution >= 0.6 is 11.6 Å². The second-order valence-electron chi connectivity index (χ2n) is 3.88. The van der Waals surface area contributed by atoms with Crippen LogP contribution in [0.4, 0.5) is 10.1 Å². The predicted molar refractivity (Wildman–Crippen MR) is 71.2 cm³/mol. The number of ether oxygens (including phenoxy) is 1. The van der Waals surface area contributed by atoms with Gasteiger partial charge in [0.25, 0.3) is 0 Å². The minimum absolute atomic E-state index is 0.0404. The molecule has 1 rings (SSSR count). The lowest BCUT2D eigenvalue weighted by Crippen LogP contribution is -2.35. The van der Waals surface area contributed by atoms with E-state index in [-0.39, 0.29) is 17.2 Å². The van der Waals surface area contributed by atoms with Crippen LogP contribution in [0.1, 0.15) is 31.1 Å². The maximum absolute atomic E-state index is 14.0. The van der Waals surface area contributed by atoms with Crippen molar-refractivity contribution < 1.29 is 23.5 Å². The normalized spacial score (nSPS) is 10.1. The van der Waals surface area contributed by atoms with Crippen molar-refractivity contribution in [3.05, 3.63) is 28.5 Å². The van der Waals surface area contributed by atoms with Crippen LogP contribution < -0.4 is 4.90 Å². The number of carbonyl (C=O) groups is 3. The molecule has 0 saturated carbocycles. The predicted octanol–water partition coefficient (Wildman–Crippen LogP) is 2.56. The van der Waals surface area contributed by atoms with Crippen LogP contribution in [-0.2, 0) is 14.3 Å². The smallest absolute Gasteiger partial charge is 0.340 e. The Balaban J connectivity index is 3.54. The van der Waals surface area contributed by atoms with Gasteiger partial charge in [-0.15, -0.1) is 0 Å². The maximum Gasteiger partial charge on any atom is 0.340 e. The van der Waals surface area contributed by atoms with E-state index in [1.807, 2.05) is 0 Å². The van der Waals surface area contributed by atoms with Crippen molar-refractivity contribution in [1.29, 1.82) is 0 Å². The van der Waals surface area contributed by atoms with E-state index in [2.05, 4.69) is 0 Å². The lowest BCUT2D eigenvalue weighted by atomic mass is 10.1. The van der Waals surface area contributed by atoms with E-state index in [1.54, 1.807) is 6.92 Å². The van der Waals surface area contributed by atoms with Gasteiger partial charge in [0.15, 0.2) is 0 Å². The summed E-state index contributed by atoms with van der Waals surface area (Å²) in [6, 6.07) is 2.06. The minimum Gasteiger partial charge on any atom is -0.462 e. The molecule has 7 heteroatoms. The topological polar surface area (TPSA) is 63.7 Å². The first-order chi connectivity index (χ1) is 9.29. The maximum atomic E-state index is 14.0. The zero-order chi connectivity index (χ0) is 15.4. The number of hydrogen-bond acceptors (Lipinski definition) is 4. The van der Waals surface area contributed by atoms with Crippen molar-refractivity contribution in [3.63, 3.8) is 0 Å². The molecule has 0 radical (unpaired) electrons. The molecule has 0 fully saturated rings. The average molecular weight is 302 g/mol. The molecule has 108 valence electrons. The molecule has 0 bridgehead atoms. The number of imide groups is 1. The highest BCUT2D eigenvalue weighted by atomic mass is 35.5. The van der Waals surface area contributed by atoms with E-state index in [0.717, 1.165) is 26.0 Å². The van der Waals surface area contributed by atoms with Crippen molar-refractivity contribution in [3.8, 4) is 0 Å². The van der Waals surface area contributed by atoms with Gasteiger partial charge >= 0.3 is 5.97 Å². The molecule has 1 aromatic rings. The lowest BCUT2D eigenvalue weighted by molar-refractivity contribution is -0.124. The van der Waals surface area contributed by atoms with Gasteiger partial charge in [0.1, 0.15) is 11.5 Å². The Bertz CT molecular complexity index is 560. The first-order valence-corrected chi connectivity index (χ1v) is 6.14. The van der Waals surface area contributed by atoms with Crippen molar-refractivity contribution >= 4 is 35.1 Å². The van der Waals surface area contributed by atoms with Gasteiger partial charge in [-0.05, 0) is 19.1 Å². The van der Waals surface area contributed by atoms with Gasteiger partial charge in [0.2, 0.25) is 11.8 Å². The second kappa shape index (κ2) is 6.47. The molecular weight excluding hydrogens is 289 g/mol. The van der Waals surface area contributed by atoms with Crippen molar-refractivity contribution in [2.75, 3.05) is 11.5 Å². The molecule has 20 heavy (non-hydrogen) atoms. The zero-order valence-electron chi connectivity index (χ0n) is 11.2. The lowest BCUT2D eigenvalue weighted by Gasteiger charge is -2.20. The fourth-order valence-electron chi connectivity index (χ4n) is 1.69. The highest BCUT2D eigenvalue weighted by Gasteiger charge is 2.27. The first kappa shape index (κ1) is 16.1. The van der Waals surface area contributed by atoms with E-state index in [0.29, 0.717) is 4.90 Å². The van der Waals surface area contributed by atoms with Crippen LogP contribution in [-0.4, -0.2) is 24.4 Å². The number of rotatable bonds is 3. The molecule has 0 saturated heterocycles. The summed E-state index contributed by atoms with van der Waals surface area (Å²) in [5.74, 6) is -3.25. The SMILES string of the molecule is CCOC(=O)c1cc(Cl)cc(F)c1N(C(C)=O)C(C)=O. The molecule has 0 aliphatic rings. The summed E-state index contributed by atoms with van der Waals surface area (Å²) < 4.78 is 18.8. The van der Waals surface area contributed by atoms with Gasteiger partial charge in [0.05, 0.1) is 12.2 Å². The molecule has 0 heterocycles. The molecule has 0 aliphatic carbocycles. The van der Waals surface area contributed by atoms with Gasteiger partial charge in [-0.1, -0.05) is 11.6 Å². The molecule has 0 aromatic heterocycles. The molecule has 0 spiro atoms. The Morgan fingerprint density at radius 3 is 2.25 bits per heavy atom. The number of nitrogens with zero attached hydrogens (tertiary/aromatic N) is 1. The number of esters is 1. The number of amides is 2. The largest absolute Gasteiger partial charge is 0.462 e. The molecule has 0 atom stereocenters. The Kier molecular flexibility index (Phi) is 5.21. The monoisotopic (exact) mass is 301 g/mol. The molecule has 0 N–H and O–H groups in total. The third kappa shape index (κ3) is 3.33. The highest BCUT2D eigenvalue weighted by molar-refractivity contribution is 6.31. The van der Waals surface area contributed by atoms with E-state index < -0.39 is 29.3 Å². The number of anilines is 1. The highest BCUT2D eigenvalue weighted by Crippen LogP contribution is 2.29. The summed E-state index contributed by atoms with van der Waals surface area (Å²) in [5.41, 5.74) is -0.727. The number of carbonyl (C=O) groups excluding carboxylic acids is 3. The van der Waals surface area contributed by atoms with Crippen LogP contribution in [0.2, 0.25) is 5.02 Å². The molecule has 0 unspecified atom stereocenters. The summed E-state index contributed by atoms with van der Waals surface area (Å²) >= 11 is 5.69. The van der Waals surface area contributed by atoms with E-state index >= 15 is 0 Å². The summed E-state index contributed by atoms with van der Waals surface area (Å²) in [6.07, 6.45) is 0. The second-order valence-corrected chi connectivity index (χ2v) is 4.31. The molecule has 1 aromatic carbocycles. The summed E-state index contributed by atoms with van der Waals surface area (Å²) in [7, 11) is 0. The van der Waals surface area contributed by atoms with E-state index in [1.165, 1.54) is 0 Å². The fourth-order valence-corrected chi connectivity index (χ4v) is 1.90. The van der Waals surface area contributed by atoms with Crippen LogP contribution in [0.5, 0.6) is 0 Å². The van der Waals surface area contributed by atoms with Gasteiger partial charge in [-0.2, -0.15) is 0 Å². The number of hydrogen-bond donors (Lipinski definition) is 0. The summed E-state index contributed by atoms with van der Waals surface area (Å²) in [5, 5.41) is -0.0404. The van der Waals surface area contributed by atoms with Crippen LogP contribution in [0.25, 0.3) is 0 Å². The van der Waals surface area contributed by atoms with E-state index in [9.17, 15) is 18.8 Å².